The Bertz CT molecular complexity index is 396. The van der Waals surface area contributed by atoms with Crippen molar-refractivity contribution in [3.05, 3.63) is 24.5 Å². The van der Waals surface area contributed by atoms with Gasteiger partial charge in [0.15, 0.2) is 0 Å². The molecule has 1 fully saturated rings. The molecule has 106 valence electrons. The van der Waals surface area contributed by atoms with Gasteiger partial charge in [0.2, 0.25) is 5.91 Å². The number of pyridine rings is 1. The van der Waals surface area contributed by atoms with Crippen molar-refractivity contribution in [2.24, 2.45) is 5.73 Å². The minimum absolute atomic E-state index is 0. The first-order valence-corrected chi connectivity index (χ1v) is 7.27. The van der Waals surface area contributed by atoms with E-state index in [9.17, 15) is 4.79 Å². The van der Waals surface area contributed by atoms with Crippen LogP contribution in [0.5, 0.6) is 0 Å². The molecule has 1 amide bonds. The van der Waals surface area contributed by atoms with Gasteiger partial charge in [0.1, 0.15) is 0 Å². The standard InChI is InChI=1S/C13H19N3OS.ClH/c14-10-13(5-1-2-6-13)16-12(17)9-18-11-3-7-15-8-4-11;/h3-4,7-8H,1-2,5-6,9-10,14H2,(H,16,17);1H. The summed E-state index contributed by atoms with van der Waals surface area (Å²) in [6, 6.07) is 3.82. The normalized spacial score (nSPS) is 16.7. The van der Waals surface area contributed by atoms with Crippen molar-refractivity contribution in [1.29, 1.82) is 0 Å². The maximum atomic E-state index is 11.9. The average molecular weight is 302 g/mol. The molecule has 6 heteroatoms. The summed E-state index contributed by atoms with van der Waals surface area (Å²) >= 11 is 1.53. The summed E-state index contributed by atoms with van der Waals surface area (Å²) in [6.07, 6.45) is 7.81. The molecule has 0 spiro atoms. The Labute approximate surface area is 124 Å². The number of carbonyl (C=O) groups is 1. The number of nitrogens with one attached hydrogen (secondary N) is 1. The molecule has 1 aromatic rings. The lowest BCUT2D eigenvalue weighted by Gasteiger charge is -2.28. The van der Waals surface area contributed by atoms with Gasteiger partial charge in [-0.15, -0.1) is 24.2 Å². The summed E-state index contributed by atoms with van der Waals surface area (Å²) in [5, 5.41) is 3.11. The topological polar surface area (TPSA) is 68.0 Å². The fraction of sp³-hybridized carbons (Fsp3) is 0.538. The number of aromatic nitrogens is 1. The third kappa shape index (κ3) is 4.67. The highest BCUT2D eigenvalue weighted by Crippen LogP contribution is 2.28. The number of thioether (sulfide) groups is 1. The lowest BCUT2D eigenvalue weighted by molar-refractivity contribution is -0.120. The second-order valence-corrected chi connectivity index (χ2v) is 5.76. The molecule has 1 aliphatic carbocycles. The van der Waals surface area contributed by atoms with Crippen molar-refractivity contribution in [2.75, 3.05) is 12.3 Å². The van der Waals surface area contributed by atoms with Crippen LogP contribution in [0.2, 0.25) is 0 Å². The van der Waals surface area contributed by atoms with Gasteiger partial charge in [-0.3, -0.25) is 9.78 Å². The largest absolute Gasteiger partial charge is 0.349 e. The van der Waals surface area contributed by atoms with Gasteiger partial charge in [-0.05, 0) is 25.0 Å². The first-order chi connectivity index (χ1) is 8.74. The van der Waals surface area contributed by atoms with Gasteiger partial charge in [0.05, 0.1) is 11.3 Å². The highest BCUT2D eigenvalue weighted by molar-refractivity contribution is 8.00. The quantitative estimate of drug-likeness (QED) is 0.816. The number of halogens is 1. The van der Waals surface area contributed by atoms with Crippen LogP contribution in [0.25, 0.3) is 0 Å². The molecule has 0 bridgehead atoms. The van der Waals surface area contributed by atoms with E-state index in [1.807, 2.05) is 12.1 Å². The predicted molar refractivity (Wildman–Crippen MR) is 80.6 cm³/mol. The highest BCUT2D eigenvalue weighted by Gasteiger charge is 2.33. The number of hydrogen-bond donors (Lipinski definition) is 2. The molecule has 0 unspecified atom stereocenters. The van der Waals surface area contributed by atoms with Gasteiger partial charge in [-0.2, -0.15) is 0 Å². The zero-order chi connectivity index (χ0) is 12.8. The Morgan fingerprint density at radius 2 is 2.00 bits per heavy atom. The van der Waals surface area contributed by atoms with Crippen LogP contribution in [0.4, 0.5) is 0 Å². The van der Waals surface area contributed by atoms with Crippen LogP contribution in [-0.4, -0.2) is 28.7 Å². The zero-order valence-corrected chi connectivity index (χ0v) is 12.4. The fourth-order valence-corrected chi connectivity index (χ4v) is 3.03. The third-order valence-corrected chi connectivity index (χ3v) is 4.39. The molecule has 1 aliphatic rings. The molecule has 0 aromatic carbocycles. The summed E-state index contributed by atoms with van der Waals surface area (Å²) in [6.45, 7) is 0.540. The van der Waals surface area contributed by atoms with Gasteiger partial charge in [-0.1, -0.05) is 12.8 Å². The van der Waals surface area contributed by atoms with E-state index < -0.39 is 0 Å². The monoisotopic (exact) mass is 301 g/mol. The SMILES string of the molecule is Cl.NCC1(NC(=O)CSc2ccncc2)CCCC1. The van der Waals surface area contributed by atoms with Crippen molar-refractivity contribution in [3.63, 3.8) is 0 Å². The Morgan fingerprint density at radius 1 is 1.37 bits per heavy atom. The van der Waals surface area contributed by atoms with E-state index in [-0.39, 0.29) is 23.9 Å². The van der Waals surface area contributed by atoms with Crippen molar-refractivity contribution >= 4 is 30.1 Å². The number of carbonyl (C=O) groups excluding carboxylic acids is 1. The highest BCUT2D eigenvalue weighted by atomic mass is 35.5. The van der Waals surface area contributed by atoms with Crippen molar-refractivity contribution in [3.8, 4) is 0 Å². The van der Waals surface area contributed by atoms with E-state index in [4.69, 9.17) is 5.73 Å². The first-order valence-electron chi connectivity index (χ1n) is 6.28. The van der Waals surface area contributed by atoms with Gasteiger partial charge in [-0.25, -0.2) is 0 Å². The lowest BCUT2D eigenvalue weighted by Crippen LogP contribution is -2.52. The second kappa shape index (κ2) is 7.72. The minimum atomic E-state index is -0.143. The summed E-state index contributed by atoms with van der Waals surface area (Å²) < 4.78 is 0. The zero-order valence-electron chi connectivity index (χ0n) is 10.8. The summed E-state index contributed by atoms with van der Waals surface area (Å²) in [4.78, 5) is 16.9. The van der Waals surface area contributed by atoms with E-state index >= 15 is 0 Å². The molecule has 0 radical (unpaired) electrons. The molecular weight excluding hydrogens is 282 g/mol. The third-order valence-electron chi connectivity index (χ3n) is 3.38. The van der Waals surface area contributed by atoms with Crippen molar-refractivity contribution in [1.82, 2.24) is 10.3 Å². The molecular formula is C13H20ClN3OS. The lowest BCUT2D eigenvalue weighted by atomic mass is 9.98. The molecule has 0 aliphatic heterocycles. The number of rotatable bonds is 5. The summed E-state index contributed by atoms with van der Waals surface area (Å²) in [5.41, 5.74) is 5.65. The fourth-order valence-electron chi connectivity index (χ4n) is 2.35. The molecule has 19 heavy (non-hydrogen) atoms. The van der Waals surface area contributed by atoms with E-state index in [1.54, 1.807) is 12.4 Å². The Morgan fingerprint density at radius 3 is 2.58 bits per heavy atom. The van der Waals surface area contributed by atoms with E-state index in [0.717, 1.165) is 30.6 Å². The molecule has 1 heterocycles. The van der Waals surface area contributed by atoms with Gasteiger partial charge in [0, 0.05) is 23.8 Å². The maximum absolute atomic E-state index is 11.9. The van der Waals surface area contributed by atoms with Crippen molar-refractivity contribution < 1.29 is 4.79 Å². The van der Waals surface area contributed by atoms with E-state index in [2.05, 4.69) is 10.3 Å². The van der Waals surface area contributed by atoms with Crippen molar-refractivity contribution in [2.45, 2.75) is 36.1 Å². The predicted octanol–water partition coefficient (Wildman–Crippen LogP) is 1.98. The smallest absolute Gasteiger partial charge is 0.230 e. The van der Waals surface area contributed by atoms with Gasteiger partial charge >= 0.3 is 0 Å². The maximum Gasteiger partial charge on any atom is 0.230 e. The average Bonchev–Trinajstić information content (AvgIpc) is 2.87. The molecule has 2 rings (SSSR count). The van der Waals surface area contributed by atoms with E-state index in [1.165, 1.54) is 11.8 Å². The Kier molecular flexibility index (Phi) is 6.62. The molecule has 1 aromatic heterocycles. The molecule has 3 N–H and O–H groups in total. The first kappa shape index (κ1) is 16.3. The van der Waals surface area contributed by atoms with E-state index in [0.29, 0.717) is 12.3 Å². The van der Waals surface area contributed by atoms with Crippen LogP contribution in [-0.2, 0) is 4.79 Å². The van der Waals surface area contributed by atoms with Crippen LogP contribution in [0.3, 0.4) is 0 Å². The van der Waals surface area contributed by atoms with Crippen LogP contribution in [0.1, 0.15) is 25.7 Å². The summed E-state index contributed by atoms with van der Waals surface area (Å²) in [7, 11) is 0. The number of nitrogens with two attached hydrogens (primary N) is 1. The number of hydrogen-bond acceptors (Lipinski definition) is 4. The minimum Gasteiger partial charge on any atom is -0.349 e. The molecule has 1 saturated carbocycles. The van der Waals surface area contributed by atoms with Crippen LogP contribution >= 0.6 is 24.2 Å². The number of nitrogens with zero attached hydrogens (tertiary/aromatic N) is 1. The second-order valence-electron chi connectivity index (χ2n) is 4.71. The molecule has 4 nitrogen and oxygen atoms in total. The van der Waals surface area contributed by atoms with Gasteiger partial charge in [0.25, 0.3) is 0 Å². The Balaban J connectivity index is 0.00000180. The molecule has 0 atom stereocenters. The van der Waals surface area contributed by atoms with Crippen LogP contribution in [0, 0.1) is 0 Å². The summed E-state index contributed by atoms with van der Waals surface area (Å²) in [5.74, 6) is 0.510. The van der Waals surface area contributed by atoms with Gasteiger partial charge < -0.3 is 11.1 Å². The van der Waals surface area contributed by atoms with Crippen LogP contribution < -0.4 is 11.1 Å². The Hall–Kier alpha value is -0.780. The molecule has 0 saturated heterocycles. The van der Waals surface area contributed by atoms with Crippen LogP contribution in [0.15, 0.2) is 29.4 Å². The number of amides is 1.